The van der Waals surface area contributed by atoms with Gasteiger partial charge in [0.2, 0.25) is 17.8 Å². The molecule has 0 radical (unpaired) electrons. The normalized spacial score (nSPS) is 20.2. The van der Waals surface area contributed by atoms with E-state index in [0.29, 0.717) is 17.5 Å². The number of amides is 2. The quantitative estimate of drug-likeness (QED) is 0.495. The molecule has 1 saturated heterocycles. The predicted octanol–water partition coefficient (Wildman–Crippen LogP) is 1.48. The second-order valence-electron chi connectivity index (χ2n) is 3.84. The Morgan fingerprint density at radius 3 is 2.94 bits per heavy atom. The molecule has 0 aliphatic carbocycles. The van der Waals surface area contributed by atoms with Crippen molar-refractivity contribution in [3.8, 4) is 0 Å². The minimum Gasteiger partial charge on any atom is -0.296 e. The molecule has 90 valence electrons. The lowest BCUT2D eigenvalue weighted by atomic mass is 9.89. The Morgan fingerprint density at radius 1 is 1.53 bits per heavy atom. The van der Waals surface area contributed by atoms with E-state index in [1.165, 1.54) is 12.3 Å². The highest BCUT2D eigenvalue weighted by atomic mass is 35.5. The number of nitrogens with one attached hydrogen (secondary N) is 1. The van der Waals surface area contributed by atoms with E-state index in [4.69, 9.17) is 11.6 Å². The summed E-state index contributed by atoms with van der Waals surface area (Å²) in [6.07, 6.45) is 1.99. The van der Waals surface area contributed by atoms with Gasteiger partial charge >= 0.3 is 0 Å². The van der Waals surface area contributed by atoms with Crippen LogP contribution in [-0.4, -0.2) is 16.8 Å². The Kier molecular flexibility index (Phi) is 3.38. The summed E-state index contributed by atoms with van der Waals surface area (Å²) in [4.78, 5) is 26.2. The van der Waals surface area contributed by atoms with E-state index in [9.17, 15) is 14.0 Å². The van der Waals surface area contributed by atoms with Crippen molar-refractivity contribution < 1.29 is 14.0 Å². The highest BCUT2D eigenvalue weighted by Crippen LogP contribution is 2.28. The largest absolute Gasteiger partial charge is 0.296 e. The van der Waals surface area contributed by atoms with Crippen LogP contribution in [-0.2, 0) is 15.5 Å². The number of hydrogen-bond acceptors (Lipinski definition) is 3. The third kappa shape index (κ3) is 2.44. The zero-order valence-electron chi connectivity index (χ0n) is 8.87. The fourth-order valence-corrected chi connectivity index (χ4v) is 2.13. The van der Waals surface area contributed by atoms with Crippen LogP contribution in [0.5, 0.6) is 0 Å². The van der Waals surface area contributed by atoms with Gasteiger partial charge in [0.1, 0.15) is 0 Å². The average molecular weight is 257 g/mol. The first-order chi connectivity index (χ1) is 8.11. The molecule has 6 heteroatoms. The van der Waals surface area contributed by atoms with Gasteiger partial charge in [0, 0.05) is 18.5 Å². The van der Waals surface area contributed by atoms with Gasteiger partial charge in [-0.25, -0.2) is 4.98 Å². The maximum Gasteiger partial charge on any atom is 0.234 e. The molecule has 0 aromatic carbocycles. The van der Waals surface area contributed by atoms with Crippen LogP contribution in [0, 0.1) is 5.95 Å². The topological polar surface area (TPSA) is 59.1 Å². The van der Waals surface area contributed by atoms with E-state index in [0.717, 1.165) is 0 Å². The molecule has 1 aromatic heterocycles. The number of alkyl halides is 1. The lowest BCUT2D eigenvalue weighted by molar-refractivity contribution is -0.134. The van der Waals surface area contributed by atoms with Crippen LogP contribution >= 0.6 is 11.6 Å². The molecule has 2 heterocycles. The smallest absolute Gasteiger partial charge is 0.234 e. The monoisotopic (exact) mass is 256 g/mol. The van der Waals surface area contributed by atoms with Crippen LogP contribution in [0.3, 0.4) is 0 Å². The van der Waals surface area contributed by atoms with E-state index in [-0.39, 0.29) is 24.1 Å². The van der Waals surface area contributed by atoms with Crippen LogP contribution in [0.25, 0.3) is 0 Å². The van der Waals surface area contributed by atoms with Crippen LogP contribution in [0.1, 0.15) is 29.9 Å². The Labute approximate surface area is 102 Å². The lowest BCUT2D eigenvalue weighted by Crippen LogP contribution is -2.39. The highest BCUT2D eigenvalue weighted by Gasteiger charge is 2.29. The summed E-state index contributed by atoms with van der Waals surface area (Å²) in [6.45, 7) is 0. The Hall–Kier alpha value is -1.49. The number of pyridine rings is 1. The first kappa shape index (κ1) is 12.0. The van der Waals surface area contributed by atoms with E-state index in [2.05, 4.69) is 10.3 Å². The summed E-state index contributed by atoms with van der Waals surface area (Å²) < 4.78 is 12.9. The fourth-order valence-electron chi connectivity index (χ4n) is 1.90. The third-order valence-electron chi connectivity index (χ3n) is 2.75. The summed E-state index contributed by atoms with van der Waals surface area (Å²) >= 11 is 5.71. The highest BCUT2D eigenvalue weighted by molar-refractivity contribution is 6.17. The molecular formula is C11H10ClFN2O2. The summed E-state index contributed by atoms with van der Waals surface area (Å²) in [5.74, 6) is -1.66. The van der Waals surface area contributed by atoms with Crippen LogP contribution in [0.4, 0.5) is 4.39 Å². The van der Waals surface area contributed by atoms with Crippen LogP contribution in [0.2, 0.25) is 0 Å². The molecular weight excluding hydrogens is 247 g/mol. The Morgan fingerprint density at radius 2 is 2.29 bits per heavy atom. The van der Waals surface area contributed by atoms with Gasteiger partial charge < -0.3 is 0 Å². The van der Waals surface area contributed by atoms with Crippen molar-refractivity contribution in [1.29, 1.82) is 0 Å². The van der Waals surface area contributed by atoms with Crippen LogP contribution in [0.15, 0.2) is 12.3 Å². The summed E-state index contributed by atoms with van der Waals surface area (Å²) in [5, 5.41) is 2.25. The van der Waals surface area contributed by atoms with Gasteiger partial charge in [-0.1, -0.05) is 0 Å². The number of carbonyl (C=O) groups excluding carboxylic acids is 2. The van der Waals surface area contributed by atoms with Gasteiger partial charge in [-0.05, 0) is 23.6 Å². The standard InChI is InChI=1S/C11H10ClFN2O2/c12-4-6-3-9(13)14-5-8(6)7-1-2-10(16)15-11(7)17/h3,5,7H,1-2,4H2,(H,15,16,17). The van der Waals surface area contributed by atoms with Gasteiger partial charge in [0.05, 0.1) is 5.92 Å². The van der Waals surface area contributed by atoms with Crippen molar-refractivity contribution in [3.63, 3.8) is 0 Å². The van der Waals surface area contributed by atoms with Gasteiger partial charge in [-0.3, -0.25) is 14.9 Å². The van der Waals surface area contributed by atoms with Crippen molar-refractivity contribution >= 4 is 23.4 Å². The van der Waals surface area contributed by atoms with Crippen molar-refractivity contribution in [2.75, 3.05) is 0 Å². The number of rotatable bonds is 2. The van der Waals surface area contributed by atoms with E-state index in [1.54, 1.807) is 0 Å². The summed E-state index contributed by atoms with van der Waals surface area (Å²) in [5.41, 5.74) is 1.13. The van der Waals surface area contributed by atoms with Crippen molar-refractivity contribution in [2.45, 2.75) is 24.6 Å². The van der Waals surface area contributed by atoms with Crippen molar-refractivity contribution in [1.82, 2.24) is 10.3 Å². The molecule has 0 bridgehead atoms. The minimum absolute atomic E-state index is 0.104. The number of halogens is 2. The molecule has 4 nitrogen and oxygen atoms in total. The number of imide groups is 1. The zero-order chi connectivity index (χ0) is 12.4. The molecule has 2 rings (SSSR count). The molecule has 1 aromatic rings. The lowest BCUT2D eigenvalue weighted by Gasteiger charge is -2.22. The van der Waals surface area contributed by atoms with Crippen molar-refractivity contribution in [2.24, 2.45) is 0 Å². The number of piperidine rings is 1. The van der Waals surface area contributed by atoms with Gasteiger partial charge in [0.15, 0.2) is 0 Å². The molecule has 1 N–H and O–H groups in total. The molecule has 1 atom stereocenters. The van der Waals surface area contributed by atoms with E-state index < -0.39 is 11.9 Å². The molecule has 2 amide bonds. The molecule has 1 aliphatic rings. The molecule has 0 saturated carbocycles. The Bertz CT molecular complexity index is 479. The Balaban J connectivity index is 2.33. The van der Waals surface area contributed by atoms with E-state index >= 15 is 0 Å². The third-order valence-corrected chi connectivity index (χ3v) is 3.04. The maximum atomic E-state index is 12.9. The second-order valence-corrected chi connectivity index (χ2v) is 4.11. The SMILES string of the molecule is O=C1CCC(c2cnc(F)cc2CCl)C(=O)N1. The van der Waals surface area contributed by atoms with Gasteiger partial charge in [-0.15, -0.1) is 11.6 Å². The first-order valence-electron chi connectivity index (χ1n) is 5.16. The molecule has 0 spiro atoms. The maximum absolute atomic E-state index is 12.9. The summed E-state index contributed by atoms with van der Waals surface area (Å²) in [6, 6.07) is 1.21. The number of hydrogen-bond donors (Lipinski definition) is 1. The molecule has 1 aliphatic heterocycles. The van der Waals surface area contributed by atoms with Crippen molar-refractivity contribution in [3.05, 3.63) is 29.3 Å². The summed E-state index contributed by atoms with van der Waals surface area (Å²) in [7, 11) is 0. The minimum atomic E-state index is -0.628. The average Bonchev–Trinajstić information content (AvgIpc) is 2.30. The number of aromatic nitrogens is 1. The van der Waals surface area contributed by atoms with Crippen LogP contribution < -0.4 is 5.32 Å². The second kappa shape index (κ2) is 4.79. The molecule has 1 fully saturated rings. The molecule has 1 unspecified atom stereocenters. The number of nitrogens with zero attached hydrogens (tertiary/aromatic N) is 1. The first-order valence-corrected chi connectivity index (χ1v) is 5.69. The fraction of sp³-hybridized carbons (Fsp3) is 0.364. The van der Waals surface area contributed by atoms with E-state index in [1.807, 2.05) is 0 Å². The number of carbonyl (C=O) groups is 2. The predicted molar refractivity (Wildman–Crippen MR) is 58.9 cm³/mol. The zero-order valence-corrected chi connectivity index (χ0v) is 9.63. The van der Waals surface area contributed by atoms with Gasteiger partial charge in [-0.2, -0.15) is 4.39 Å². The van der Waals surface area contributed by atoms with Gasteiger partial charge in [0.25, 0.3) is 0 Å². The molecule has 17 heavy (non-hydrogen) atoms.